The largest absolute Gasteiger partial charge is 0.756 e. The third kappa shape index (κ3) is 58.9. The van der Waals surface area contributed by atoms with Crippen molar-refractivity contribution in [2.24, 2.45) is 0 Å². The minimum absolute atomic E-state index is 0.00444. The fraction of sp³-hybridized carbons (Fsp3) is 0.742. The highest BCUT2D eigenvalue weighted by atomic mass is 31.2. The summed E-state index contributed by atoms with van der Waals surface area (Å²) < 4.78 is 23.5. The zero-order valence-corrected chi connectivity index (χ0v) is 50.4. The molecule has 0 rings (SSSR count). The van der Waals surface area contributed by atoms with Crippen molar-refractivity contribution < 1.29 is 32.9 Å². The Kier molecular flexibility index (Phi) is 54.2. The molecule has 434 valence electrons. The fourth-order valence-electron chi connectivity index (χ4n) is 8.76. The zero-order chi connectivity index (χ0) is 54.9. The van der Waals surface area contributed by atoms with E-state index in [9.17, 15) is 19.4 Å². The minimum Gasteiger partial charge on any atom is -0.756 e. The first-order valence-electron chi connectivity index (χ1n) is 31.1. The molecule has 75 heavy (non-hydrogen) atoms. The fourth-order valence-corrected chi connectivity index (χ4v) is 9.49. The molecule has 0 spiro atoms. The number of aliphatic hydroxyl groups excluding tert-OH is 1. The quantitative estimate of drug-likeness (QED) is 0.0272. The second kappa shape index (κ2) is 56.2. The monoisotopic (exact) mass is 1070 g/mol. The van der Waals surface area contributed by atoms with E-state index in [1.165, 1.54) is 135 Å². The van der Waals surface area contributed by atoms with E-state index in [1.54, 1.807) is 0 Å². The number of rotatable bonds is 56. The molecule has 0 aromatic heterocycles. The number of carbonyl (C=O) groups excluding carboxylic acids is 1. The average Bonchev–Trinajstić information content (AvgIpc) is 3.37. The van der Waals surface area contributed by atoms with Crippen LogP contribution in [0.2, 0.25) is 0 Å². The van der Waals surface area contributed by atoms with Crippen LogP contribution in [0.3, 0.4) is 0 Å². The van der Waals surface area contributed by atoms with Crippen LogP contribution in [0, 0.1) is 0 Å². The van der Waals surface area contributed by atoms with E-state index in [0.29, 0.717) is 23.9 Å². The number of quaternary nitrogens is 1. The van der Waals surface area contributed by atoms with Gasteiger partial charge in [0.1, 0.15) is 13.2 Å². The number of allylic oxidation sites excluding steroid dienone is 16. The minimum atomic E-state index is -4.59. The summed E-state index contributed by atoms with van der Waals surface area (Å²) >= 11 is 0. The SMILES string of the molecule is CC/C=C\C/C=C\C/C=C\C/C=C\C/C=C\C/C=C\C/C=C\C/C=C\CCCCCCCCC(=O)NC(COP(=O)([O-])OCC[N+](C)(C)C)C(O)CCCCCCCCCCCCCCCCCCCCCCCC. The predicted molar refractivity (Wildman–Crippen MR) is 325 cm³/mol. The average molecular weight is 1070 g/mol. The summed E-state index contributed by atoms with van der Waals surface area (Å²) in [6.45, 7) is 4.61. The van der Waals surface area contributed by atoms with Gasteiger partial charge in [-0.15, -0.1) is 0 Å². The number of nitrogens with zero attached hydrogens (tertiary/aromatic N) is 1. The van der Waals surface area contributed by atoms with Crippen molar-refractivity contribution in [1.29, 1.82) is 0 Å². The van der Waals surface area contributed by atoms with E-state index in [1.807, 2.05) is 21.1 Å². The lowest BCUT2D eigenvalue weighted by Crippen LogP contribution is -2.46. The first-order valence-corrected chi connectivity index (χ1v) is 32.5. The smallest absolute Gasteiger partial charge is 0.268 e. The molecule has 0 aliphatic rings. The Labute approximate surface area is 464 Å². The topological polar surface area (TPSA) is 108 Å². The molecule has 9 heteroatoms. The maximum atomic E-state index is 13.0. The van der Waals surface area contributed by atoms with Crippen molar-refractivity contribution in [2.75, 3.05) is 40.9 Å². The van der Waals surface area contributed by atoms with E-state index in [0.717, 1.165) is 103 Å². The molecular weight excluding hydrogens is 948 g/mol. The number of hydrogen-bond donors (Lipinski definition) is 2. The molecule has 0 aliphatic carbocycles. The number of amides is 1. The second-order valence-corrected chi connectivity index (χ2v) is 23.4. The molecule has 0 aromatic carbocycles. The van der Waals surface area contributed by atoms with Crippen LogP contribution in [0.15, 0.2) is 97.2 Å². The molecule has 0 saturated heterocycles. The lowest BCUT2D eigenvalue weighted by molar-refractivity contribution is -0.870. The normalized spacial score (nSPS) is 14.5. The van der Waals surface area contributed by atoms with Crippen LogP contribution in [0.1, 0.15) is 264 Å². The van der Waals surface area contributed by atoms with Crippen molar-refractivity contribution in [1.82, 2.24) is 5.32 Å². The van der Waals surface area contributed by atoms with Crippen LogP contribution >= 0.6 is 7.82 Å². The summed E-state index contributed by atoms with van der Waals surface area (Å²) in [7, 11) is 1.29. The molecule has 0 aromatic rings. The molecule has 0 heterocycles. The van der Waals surface area contributed by atoms with Crippen molar-refractivity contribution in [3.05, 3.63) is 97.2 Å². The summed E-state index contributed by atoms with van der Waals surface area (Å²) in [6.07, 6.45) is 80.1. The van der Waals surface area contributed by atoms with Gasteiger partial charge >= 0.3 is 0 Å². The van der Waals surface area contributed by atoms with Crippen molar-refractivity contribution >= 4 is 13.7 Å². The number of nitrogens with one attached hydrogen (secondary N) is 1. The van der Waals surface area contributed by atoms with Gasteiger partial charge in [-0.2, -0.15) is 0 Å². The maximum absolute atomic E-state index is 13.0. The van der Waals surface area contributed by atoms with Crippen LogP contribution in [0.4, 0.5) is 0 Å². The van der Waals surface area contributed by atoms with E-state index in [4.69, 9.17) is 9.05 Å². The van der Waals surface area contributed by atoms with Crippen LogP contribution in [-0.2, 0) is 18.4 Å². The number of aliphatic hydroxyl groups is 1. The molecule has 3 atom stereocenters. The highest BCUT2D eigenvalue weighted by Crippen LogP contribution is 2.38. The van der Waals surface area contributed by atoms with Gasteiger partial charge in [-0.25, -0.2) is 0 Å². The number of unbranched alkanes of at least 4 members (excludes halogenated alkanes) is 27. The third-order valence-electron chi connectivity index (χ3n) is 13.6. The first kappa shape index (κ1) is 72.4. The molecule has 3 unspecified atom stereocenters. The highest BCUT2D eigenvalue weighted by molar-refractivity contribution is 7.45. The lowest BCUT2D eigenvalue weighted by atomic mass is 10.0. The van der Waals surface area contributed by atoms with Crippen LogP contribution in [0.25, 0.3) is 0 Å². The Balaban J connectivity index is 4.21. The summed E-state index contributed by atoms with van der Waals surface area (Å²) in [6, 6.07) is -0.817. The molecule has 8 nitrogen and oxygen atoms in total. The van der Waals surface area contributed by atoms with Crippen LogP contribution < -0.4 is 10.2 Å². The second-order valence-electron chi connectivity index (χ2n) is 22.0. The molecule has 0 fully saturated rings. The van der Waals surface area contributed by atoms with Crippen LogP contribution in [-0.4, -0.2) is 68.5 Å². The zero-order valence-electron chi connectivity index (χ0n) is 49.5. The van der Waals surface area contributed by atoms with Crippen molar-refractivity contribution in [3.8, 4) is 0 Å². The summed E-state index contributed by atoms with van der Waals surface area (Å²) in [5, 5.41) is 14.0. The third-order valence-corrected chi connectivity index (χ3v) is 14.6. The van der Waals surface area contributed by atoms with E-state index in [2.05, 4.69) is 116 Å². The summed E-state index contributed by atoms with van der Waals surface area (Å²) in [5.74, 6) is -0.181. The lowest BCUT2D eigenvalue weighted by Gasteiger charge is -2.30. The molecule has 0 radical (unpaired) electrons. The van der Waals surface area contributed by atoms with Crippen molar-refractivity contribution in [3.63, 3.8) is 0 Å². The van der Waals surface area contributed by atoms with Crippen LogP contribution in [0.5, 0.6) is 0 Å². The van der Waals surface area contributed by atoms with Gasteiger partial charge in [0.2, 0.25) is 5.91 Å². The van der Waals surface area contributed by atoms with Gasteiger partial charge in [0.05, 0.1) is 39.9 Å². The van der Waals surface area contributed by atoms with Gasteiger partial charge in [-0.1, -0.05) is 278 Å². The molecule has 1 amide bonds. The Bertz CT molecular complexity index is 1540. The molecule has 0 bridgehead atoms. The number of likely N-dealkylation sites (N-methyl/N-ethyl adjacent to an activating group) is 1. The molecule has 2 N–H and O–H groups in total. The summed E-state index contributed by atoms with van der Waals surface area (Å²) in [4.78, 5) is 25.6. The number of phosphoric ester groups is 1. The van der Waals surface area contributed by atoms with E-state index >= 15 is 0 Å². The van der Waals surface area contributed by atoms with Gasteiger partial charge in [0, 0.05) is 6.42 Å². The highest BCUT2D eigenvalue weighted by Gasteiger charge is 2.24. The Morgan fingerprint density at radius 2 is 0.813 bits per heavy atom. The number of carbonyl (C=O) groups is 1. The van der Waals surface area contributed by atoms with E-state index < -0.39 is 20.0 Å². The van der Waals surface area contributed by atoms with Gasteiger partial charge < -0.3 is 28.8 Å². The Morgan fingerprint density at radius 1 is 0.480 bits per heavy atom. The Morgan fingerprint density at radius 3 is 1.19 bits per heavy atom. The summed E-state index contributed by atoms with van der Waals surface area (Å²) in [5.41, 5.74) is 0. The van der Waals surface area contributed by atoms with Gasteiger partial charge in [-0.3, -0.25) is 9.36 Å². The molecule has 0 saturated carbocycles. The Hall–Kier alpha value is -2.58. The van der Waals surface area contributed by atoms with E-state index in [-0.39, 0.29) is 19.1 Å². The van der Waals surface area contributed by atoms with Gasteiger partial charge in [0.25, 0.3) is 7.82 Å². The van der Waals surface area contributed by atoms with Crippen molar-refractivity contribution in [2.45, 2.75) is 276 Å². The standard InChI is InChI=1S/C66H119N2O6P/c1-6-8-10-12-14-16-18-20-22-24-26-28-30-31-32-33-34-35-36-37-38-40-42-44-46-48-50-52-54-56-58-60-66(70)67-64(63-74-75(71,72)73-62-61-68(3,4)5)65(69)59-57-55-53-51-49-47-45-43-41-39-29-27-25-23-21-19-17-15-13-11-9-7-2/h8,10,14,16,20,22,26,28,31-32,34-35,37-38,42,44,64-65,69H,6-7,9,11-13,15,17-19,21,23-25,27,29-30,33,36,39-41,43,45-63H2,1-5H3,(H-,67,70,71,72)/b10-8-,16-14-,22-20-,28-26-,32-31-,35-34-,38-37-,44-42-. The molecular formula is C66H119N2O6P. The predicted octanol–water partition coefficient (Wildman–Crippen LogP) is 18.7. The van der Waals surface area contributed by atoms with Gasteiger partial charge in [0.15, 0.2) is 0 Å². The number of phosphoric acid groups is 1. The van der Waals surface area contributed by atoms with Gasteiger partial charge in [-0.05, 0) is 77.0 Å². The first-order chi connectivity index (χ1) is 36.5. The number of hydrogen-bond acceptors (Lipinski definition) is 6. The maximum Gasteiger partial charge on any atom is 0.268 e. The molecule has 0 aliphatic heterocycles.